The minimum absolute atomic E-state index is 0.182. The van der Waals surface area contributed by atoms with Crippen LogP contribution in [-0.4, -0.2) is 97.1 Å². The van der Waals surface area contributed by atoms with Crippen molar-refractivity contribution in [1.29, 1.82) is 0 Å². The highest BCUT2D eigenvalue weighted by atomic mass is 16.2. The normalized spacial score (nSPS) is 18.6. The average Bonchev–Trinajstić information content (AvgIpc) is 2.83. The summed E-state index contributed by atoms with van der Waals surface area (Å²) in [5.41, 5.74) is 0. The van der Waals surface area contributed by atoms with Crippen LogP contribution < -0.4 is 15.5 Å². The fourth-order valence-corrected chi connectivity index (χ4v) is 4.17. The van der Waals surface area contributed by atoms with Crippen LogP contribution in [0.4, 0.5) is 5.95 Å². The summed E-state index contributed by atoms with van der Waals surface area (Å²) in [6.07, 6.45) is 7.68. The molecule has 1 amide bonds. The third-order valence-corrected chi connectivity index (χ3v) is 6.22. The number of nitrogens with zero attached hydrogens (tertiary/aromatic N) is 6. The molecule has 2 N–H and O–H groups in total. The molecule has 9 nitrogen and oxygen atoms in total. The molecule has 0 atom stereocenters. The molecule has 0 radical (unpaired) electrons. The van der Waals surface area contributed by atoms with Gasteiger partial charge in [-0.05, 0) is 57.8 Å². The van der Waals surface area contributed by atoms with Crippen LogP contribution in [0, 0.1) is 5.92 Å². The largest absolute Gasteiger partial charge is 0.357 e. The summed E-state index contributed by atoms with van der Waals surface area (Å²) < 4.78 is 0. The van der Waals surface area contributed by atoms with E-state index in [-0.39, 0.29) is 5.91 Å². The highest BCUT2D eigenvalue weighted by Gasteiger charge is 2.22. The third-order valence-electron chi connectivity index (χ3n) is 6.22. The van der Waals surface area contributed by atoms with Gasteiger partial charge in [0.05, 0.1) is 0 Å². The van der Waals surface area contributed by atoms with E-state index in [0.29, 0.717) is 26.1 Å². The summed E-state index contributed by atoms with van der Waals surface area (Å²) in [6, 6.07) is 1.82. The molecular weight excluding hydrogens is 404 g/mol. The van der Waals surface area contributed by atoms with Crippen LogP contribution in [0.1, 0.15) is 39.5 Å². The lowest BCUT2D eigenvalue weighted by molar-refractivity contribution is -0.131. The van der Waals surface area contributed by atoms with Gasteiger partial charge in [0.15, 0.2) is 5.96 Å². The molecule has 0 bridgehead atoms. The van der Waals surface area contributed by atoms with Crippen molar-refractivity contribution in [2.24, 2.45) is 10.9 Å². The van der Waals surface area contributed by atoms with E-state index in [2.05, 4.69) is 49.2 Å². The summed E-state index contributed by atoms with van der Waals surface area (Å²) in [6.45, 7) is 13.1. The van der Waals surface area contributed by atoms with Crippen LogP contribution in [0.5, 0.6) is 0 Å². The summed E-state index contributed by atoms with van der Waals surface area (Å²) in [7, 11) is 0. The van der Waals surface area contributed by atoms with E-state index >= 15 is 0 Å². The minimum Gasteiger partial charge on any atom is -0.357 e. The van der Waals surface area contributed by atoms with Gasteiger partial charge in [0.2, 0.25) is 11.9 Å². The van der Waals surface area contributed by atoms with Crippen LogP contribution in [0.25, 0.3) is 0 Å². The molecule has 0 aromatic carbocycles. The summed E-state index contributed by atoms with van der Waals surface area (Å²) >= 11 is 0. The van der Waals surface area contributed by atoms with Crippen LogP contribution in [0.15, 0.2) is 23.5 Å². The lowest BCUT2D eigenvalue weighted by Gasteiger charge is -2.34. The monoisotopic (exact) mass is 444 g/mol. The molecule has 0 saturated carbocycles. The predicted octanol–water partition coefficient (Wildman–Crippen LogP) is 1.19. The number of hydrogen-bond donors (Lipinski definition) is 2. The van der Waals surface area contributed by atoms with E-state index in [9.17, 15) is 4.79 Å². The van der Waals surface area contributed by atoms with Gasteiger partial charge in [0.25, 0.3) is 0 Å². The van der Waals surface area contributed by atoms with Gasteiger partial charge in [-0.3, -0.25) is 9.79 Å². The zero-order valence-corrected chi connectivity index (χ0v) is 19.8. The van der Waals surface area contributed by atoms with Gasteiger partial charge in [0.1, 0.15) is 0 Å². The molecule has 9 heteroatoms. The summed E-state index contributed by atoms with van der Waals surface area (Å²) in [4.78, 5) is 32.5. The topological polar surface area (TPSA) is 89.0 Å². The van der Waals surface area contributed by atoms with Crippen molar-refractivity contribution < 1.29 is 4.79 Å². The van der Waals surface area contributed by atoms with Crippen molar-refractivity contribution in [2.75, 3.05) is 70.3 Å². The molecule has 3 rings (SSSR count). The number of nitrogens with one attached hydrogen (secondary N) is 2. The first-order valence-electron chi connectivity index (χ1n) is 12.2. The number of piperazine rings is 1. The maximum atomic E-state index is 12.6. The van der Waals surface area contributed by atoms with Gasteiger partial charge in [-0.1, -0.05) is 6.92 Å². The van der Waals surface area contributed by atoms with Gasteiger partial charge in [-0.25, -0.2) is 9.97 Å². The van der Waals surface area contributed by atoms with E-state index < -0.39 is 0 Å². The lowest BCUT2D eigenvalue weighted by atomic mass is 9.99. The number of carbonyl (C=O) groups excluding carboxylic acids is 1. The molecule has 2 saturated heterocycles. The number of aromatic nitrogens is 2. The van der Waals surface area contributed by atoms with Gasteiger partial charge in [-0.2, -0.15) is 0 Å². The molecule has 0 spiro atoms. The maximum Gasteiger partial charge on any atom is 0.225 e. The number of rotatable bonds is 9. The van der Waals surface area contributed by atoms with Crippen LogP contribution >= 0.6 is 0 Å². The fourth-order valence-electron chi connectivity index (χ4n) is 4.17. The Bertz CT molecular complexity index is 697. The number of anilines is 1. The number of guanidine groups is 1. The van der Waals surface area contributed by atoms with E-state index in [1.165, 1.54) is 25.9 Å². The van der Waals surface area contributed by atoms with E-state index in [1.807, 2.05) is 11.0 Å². The van der Waals surface area contributed by atoms with E-state index in [0.717, 1.165) is 57.0 Å². The highest BCUT2D eigenvalue weighted by molar-refractivity contribution is 5.81. The smallest absolute Gasteiger partial charge is 0.225 e. The summed E-state index contributed by atoms with van der Waals surface area (Å²) in [5.74, 6) is 2.60. The molecule has 0 unspecified atom stereocenters. The third kappa shape index (κ3) is 7.93. The van der Waals surface area contributed by atoms with Crippen molar-refractivity contribution in [1.82, 2.24) is 30.4 Å². The number of hydrogen-bond acceptors (Lipinski definition) is 6. The first-order chi connectivity index (χ1) is 15.7. The van der Waals surface area contributed by atoms with Crippen LogP contribution in [0.3, 0.4) is 0 Å². The standard InChI is InChI=1S/C23H40N8O/c1-3-24-22(25-11-5-13-29-14-7-20(2)8-15-29)26-12-6-21(32)30-16-18-31(19-17-30)23-27-9-4-10-28-23/h4,9-10,20H,3,5-8,11-19H2,1-2H3,(H2,24,25,26). The number of aliphatic imine (C=N–C) groups is 1. The Morgan fingerprint density at radius 1 is 1.09 bits per heavy atom. The van der Waals surface area contributed by atoms with Gasteiger partial charge < -0.3 is 25.3 Å². The molecule has 32 heavy (non-hydrogen) atoms. The molecule has 178 valence electrons. The Morgan fingerprint density at radius 3 is 2.50 bits per heavy atom. The molecule has 2 fully saturated rings. The molecule has 3 heterocycles. The van der Waals surface area contributed by atoms with Gasteiger partial charge >= 0.3 is 0 Å². The predicted molar refractivity (Wildman–Crippen MR) is 129 cm³/mol. The molecule has 2 aliphatic rings. The lowest BCUT2D eigenvalue weighted by Crippen LogP contribution is -2.50. The SMILES string of the molecule is CCNC(=NCCCN1CCC(C)CC1)NCCC(=O)N1CCN(c2ncccn2)CC1. The second-order valence-electron chi connectivity index (χ2n) is 8.73. The highest BCUT2D eigenvalue weighted by Crippen LogP contribution is 2.15. The second-order valence-corrected chi connectivity index (χ2v) is 8.73. The fraction of sp³-hybridized carbons (Fsp3) is 0.739. The Kier molecular flexibility index (Phi) is 9.99. The van der Waals surface area contributed by atoms with Crippen molar-refractivity contribution in [3.05, 3.63) is 18.5 Å². The number of piperidine rings is 1. The van der Waals surface area contributed by atoms with Crippen LogP contribution in [-0.2, 0) is 4.79 Å². The maximum absolute atomic E-state index is 12.6. The van der Waals surface area contributed by atoms with E-state index in [4.69, 9.17) is 0 Å². The van der Waals surface area contributed by atoms with Gasteiger partial charge in [-0.15, -0.1) is 0 Å². The molecular formula is C23H40N8O. The van der Waals surface area contributed by atoms with Crippen molar-refractivity contribution in [3.8, 4) is 0 Å². The molecule has 1 aromatic rings. The number of amides is 1. The quantitative estimate of drug-likeness (QED) is 0.336. The first-order valence-corrected chi connectivity index (χ1v) is 12.2. The Morgan fingerprint density at radius 2 is 1.81 bits per heavy atom. The van der Waals surface area contributed by atoms with Crippen LogP contribution in [0.2, 0.25) is 0 Å². The van der Waals surface area contributed by atoms with E-state index in [1.54, 1.807) is 12.4 Å². The zero-order chi connectivity index (χ0) is 22.6. The van der Waals surface area contributed by atoms with Gasteiger partial charge in [0, 0.05) is 64.6 Å². The van der Waals surface area contributed by atoms with Crippen molar-refractivity contribution >= 4 is 17.8 Å². The minimum atomic E-state index is 0.182. The van der Waals surface area contributed by atoms with Crippen molar-refractivity contribution in [3.63, 3.8) is 0 Å². The Balaban J connectivity index is 1.32. The Hall–Kier alpha value is -2.42. The summed E-state index contributed by atoms with van der Waals surface area (Å²) in [5, 5.41) is 6.60. The number of likely N-dealkylation sites (tertiary alicyclic amines) is 1. The zero-order valence-electron chi connectivity index (χ0n) is 19.8. The Labute approximate surface area is 192 Å². The molecule has 1 aromatic heterocycles. The second kappa shape index (κ2) is 13.2. The number of carbonyl (C=O) groups is 1. The molecule has 0 aliphatic carbocycles. The molecule has 2 aliphatic heterocycles. The van der Waals surface area contributed by atoms with Crippen molar-refractivity contribution in [2.45, 2.75) is 39.5 Å². The first kappa shape index (κ1) is 24.2. The average molecular weight is 445 g/mol.